The molecule has 1 heteroatoms. The molecule has 0 bridgehead atoms. The van der Waals surface area contributed by atoms with E-state index in [1.807, 2.05) is 0 Å². The molecule has 0 atom stereocenters. The number of hydrogen-bond donors (Lipinski definition) is 0. The number of allylic oxidation sites excluding steroid dienone is 4. The van der Waals surface area contributed by atoms with E-state index in [1.54, 1.807) is 0 Å². The van der Waals surface area contributed by atoms with Crippen LogP contribution in [0.3, 0.4) is 0 Å². The van der Waals surface area contributed by atoms with Crippen molar-refractivity contribution < 1.29 is 0 Å². The van der Waals surface area contributed by atoms with E-state index in [-0.39, 0.29) is 0 Å². The first-order valence-corrected chi connectivity index (χ1v) is 5.52. The van der Waals surface area contributed by atoms with Gasteiger partial charge in [0.2, 0.25) is 0 Å². The quantitative estimate of drug-likeness (QED) is 0.591. The lowest BCUT2D eigenvalue weighted by atomic mass is 9.96. The van der Waals surface area contributed by atoms with Gasteiger partial charge in [-0.15, -0.1) is 0 Å². The van der Waals surface area contributed by atoms with E-state index in [4.69, 9.17) is 0 Å². The maximum atomic E-state index is 4.55. The Balaban J connectivity index is 2.70. The molecule has 0 N–H and O–H groups in total. The molecule has 1 rings (SSSR count). The summed E-state index contributed by atoms with van der Waals surface area (Å²) in [6, 6.07) is 0. The van der Waals surface area contributed by atoms with Crippen molar-refractivity contribution >= 4 is 5.71 Å². The molecule has 0 saturated carbocycles. The highest BCUT2D eigenvalue weighted by molar-refractivity contribution is 5.84. The standard InChI is InChI=1S/C13H21N/c1-5-6-10(2)9-13-8-7-11(3)14-12(13)4/h6H,5,7-9H2,1-4H3. The van der Waals surface area contributed by atoms with Gasteiger partial charge in [-0.25, -0.2) is 0 Å². The third-order valence-electron chi connectivity index (χ3n) is 2.70. The normalized spacial score (nSPS) is 18.6. The summed E-state index contributed by atoms with van der Waals surface area (Å²) in [5, 5.41) is 0. The molecule has 14 heavy (non-hydrogen) atoms. The van der Waals surface area contributed by atoms with E-state index >= 15 is 0 Å². The highest BCUT2D eigenvalue weighted by Gasteiger charge is 2.09. The van der Waals surface area contributed by atoms with Crippen molar-refractivity contribution in [1.82, 2.24) is 0 Å². The van der Waals surface area contributed by atoms with Gasteiger partial charge in [0.05, 0.1) is 0 Å². The van der Waals surface area contributed by atoms with Gasteiger partial charge >= 0.3 is 0 Å². The molecule has 0 aromatic rings. The van der Waals surface area contributed by atoms with Gasteiger partial charge in [0, 0.05) is 11.4 Å². The SMILES string of the molecule is CCC=C(C)CC1=C(C)N=C(C)CC1. The second-order valence-electron chi connectivity index (χ2n) is 4.17. The molecule has 0 saturated heterocycles. The van der Waals surface area contributed by atoms with Crippen LogP contribution >= 0.6 is 0 Å². The van der Waals surface area contributed by atoms with Crippen LogP contribution in [0.5, 0.6) is 0 Å². The van der Waals surface area contributed by atoms with Crippen molar-refractivity contribution in [3.63, 3.8) is 0 Å². The zero-order chi connectivity index (χ0) is 10.6. The summed E-state index contributed by atoms with van der Waals surface area (Å²) in [4.78, 5) is 4.55. The molecular weight excluding hydrogens is 170 g/mol. The third-order valence-corrected chi connectivity index (χ3v) is 2.70. The van der Waals surface area contributed by atoms with E-state index in [0.29, 0.717) is 0 Å². The maximum absolute atomic E-state index is 4.55. The molecule has 0 radical (unpaired) electrons. The Bertz CT molecular complexity index is 292. The minimum Gasteiger partial charge on any atom is -0.263 e. The Morgan fingerprint density at radius 1 is 1.36 bits per heavy atom. The molecule has 1 aliphatic rings. The highest BCUT2D eigenvalue weighted by Crippen LogP contribution is 2.24. The molecule has 0 aromatic heterocycles. The van der Waals surface area contributed by atoms with E-state index in [0.717, 1.165) is 19.3 Å². The van der Waals surface area contributed by atoms with Gasteiger partial charge in [0.25, 0.3) is 0 Å². The average Bonchev–Trinajstić information content (AvgIpc) is 2.10. The molecular formula is C13H21N. The largest absolute Gasteiger partial charge is 0.263 e. The second-order valence-corrected chi connectivity index (χ2v) is 4.17. The first-order valence-electron chi connectivity index (χ1n) is 5.52. The Hall–Kier alpha value is -0.850. The first-order chi connectivity index (χ1) is 6.63. The number of hydrogen-bond acceptors (Lipinski definition) is 1. The summed E-state index contributed by atoms with van der Waals surface area (Å²) in [5.41, 5.74) is 5.54. The van der Waals surface area contributed by atoms with Crippen LogP contribution in [0.4, 0.5) is 0 Å². The molecule has 0 aromatic carbocycles. The van der Waals surface area contributed by atoms with Crippen LogP contribution in [-0.2, 0) is 0 Å². The lowest BCUT2D eigenvalue weighted by Crippen LogP contribution is -2.02. The zero-order valence-electron chi connectivity index (χ0n) is 9.85. The van der Waals surface area contributed by atoms with E-state index < -0.39 is 0 Å². The van der Waals surface area contributed by atoms with Crippen LogP contribution in [-0.4, -0.2) is 5.71 Å². The topological polar surface area (TPSA) is 12.4 Å². The summed E-state index contributed by atoms with van der Waals surface area (Å²) < 4.78 is 0. The molecule has 0 aliphatic carbocycles. The van der Waals surface area contributed by atoms with Gasteiger partial charge in [-0.1, -0.05) is 18.6 Å². The van der Waals surface area contributed by atoms with Crippen LogP contribution in [0, 0.1) is 0 Å². The Morgan fingerprint density at radius 3 is 2.64 bits per heavy atom. The molecule has 0 spiro atoms. The predicted octanol–water partition coefficient (Wildman–Crippen LogP) is 4.26. The predicted molar refractivity (Wildman–Crippen MR) is 63.7 cm³/mol. The van der Waals surface area contributed by atoms with Gasteiger partial charge in [-0.2, -0.15) is 0 Å². The molecule has 0 fully saturated rings. The van der Waals surface area contributed by atoms with E-state index in [2.05, 4.69) is 38.8 Å². The van der Waals surface area contributed by atoms with Crippen LogP contribution in [0.1, 0.15) is 53.4 Å². The minimum absolute atomic E-state index is 1.12. The van der Waals surface area contributed by atoms with Gasteiger partial charge in [0.1, 0.15) is 0 Å². The van der Waals surface area contributed by atoms with Crippen molar-refractivity contribution in [1.29, 1.82) is 0 Å². The molecule has 1 nitrogen and oxygen atoms in total. The van der Waals surface area contributed by atoms with Gasteiger partial charge < -0.3 is 0 Å². The Morgan fingerprint density at radius 2 is 2.07 bits per heavy atom. The van der Waals surface area contributed by atoms with Crippen LogP contribution in [0.15, 0.2) is 27.9 Å². The van der Waals surface area contributed by atoms with E-state index in [9.17, 15) is 0 Å². The summed E-state index contributed by atoms with van der Waals surface area (Å²) in [7, 11) is 0. The molecule has 1 heterocycles. The fourth-order valence-corrected chi connectivity index (χ4v) is 1.91. The monoisotopic (exact) mass is 191 g/mol. The summed E-state index contributed by atoms with van der Waals surface area (Å²) in [5.74, 6) is 0. The maximum Gasteiger partial charge on any atom is 0.0367 e. The summed E-state index contributed by atoms with van der Waals surface area (Å²) in [6.45, 7) is 8.66. The van der Waals surface area contributed by atoms with Crippen LogP contribution in [0.25, 0.3) is 0 Å². The number of nitrogens with zero attached hydrogens (tertiary/aromatic N) is 1. The van der Waals surface area contributed by atoms with Gasteiger partial charge in [-0.05, 0) is 52.0 Å². The van der Waals surface area contributed by atoms with E-state index in [1.165, 1.54) is 29.0 Å². The smallest absolute Gasteiger partial charge is 0.0367 e. The van der Waals surface area contributed by atoms with Crippen molar-refractivity contribution in [3.8, 4) is 0 Å². The fraction of sp³-hybridized carbons (Fsp3) is 0.615. The summed E-state index contributed by atoms with van der Waals surface area (Å²) in [6.07, 6.45) is 6.92. The van der Waals surface area contributed by atoms with Crippen molar-refractivity contribution in [2.45, 2.75) is 53.4 Å². The Labute approximate surface area is 87.6 Å². The van der Waals surface area contributed by atoms with Crippen molar-refractivity contribution in [2.75, 3.05) is 0 Å². The first kappa shape index (κ1) is 11.2. The fourth-order valence-electron chi connectivity index (χ4n) is 1.91. The minimum atomic E-state index is 1.12. The van der Waals surface area contributed by atoms with Crippen LogP contribution < -0.4 is 0 Å². The summed E-state index contributed by atoms with van der Waals surface area (Å²) >= 11 is 0. The lowest BCUT2D eigenvalue weighted by molar-refractivity contribution is 0.875. The lowest BCUT2D eigenvalue weighted by Gasteiger charge is -2.15. The van der Waals surface area contributed by atoms with Gasteiger partial charge in [-0.3, -0.25) is 4.99 Å². The molecule has 78 valence electrons. The second kappa shape index (κ2) is 5.14. The zero-order valence-corrected chi connectivity index (χ0v) is 9.85. The molecule has 0 amide bonds. The molecule has 0 unspecified atom stereocenters. The highest BCUT2D eigenvalue weighted by atomic mass is 14.8. The van der Waals surface area contributed by atoms with Crippen LogP contribution in [0.2, 0.25) is 0 Å². The number of rotatable bonds is 3. The average molecular weight is 191 g/mol. The third kappa shape index (κ3) is 3.13. The number of aliphatic imine (C=N–C) groups is 1. The molecule has 1 aliphatic heterocycles. The van der Waals surface area contributed by atoms with Gasteiger partial charge in [0.15, 0.2) is 0 Å². The van der Waals surface area contributed by atoms with Crippen molar-refractivity contribution in [3.05, 3.63) is 22.9 Å². The Kier molecular flexibility index (Phi) is 4.12. The van der Waals surface area contributed by atoms with Crippen molar-refractivity contribution in [2.24, 2.45) is 4.99 Å².